The summed E-state index contributed by atoms with van der Waals surface area (Å²) in [5, 5.41) is 0. The van der Waals surface area contributed by atoms with Gasteiger partial charge in [0.05, 0.1) is 0 Å². The number of carbonyl (C=O) groups excluding carboxylic acids is 1. The van der Waals surface area contributed by atoms with E-state index in [1.165, 1.54) is 19.4 Å². The summed E-state index contributed by atoms with van der Waals surface area (Å²) in [4.78, 5) is 15.5. The highest BCUT2D eigenvalue weighted by atomic mass is 16.2. The van der Waals surface area contributed by atoms with Gasteiger partial charge < -0.3 is 15.5 Å². The molecule has 0 aromatic carbocycles. The second-order valence-electron chi connectivity index (χ2n) is 6.02. The molecule has 1 saturated heterocycles. The molecule has 2 N–H and O–H groups in total. The van der Waals surface area contributed by atoms with E-state index in [-0.39, 0.29) is 6.03 Å². The first-order valence-corrected chi connectivity index (χ1v) is 7.17. The molecule has 4 heteroatoms. The average Bonchev–Trinajstić information content (AvgIpc) is 2.86. The summed E-state index contributed by atoms with van der Waals surface area (Å²) in [6.07, 6.45) is 8.63. The van der Waals surface area contributed by atoms with Gasteiger partial charge in [-0.1, -0.05) is 12.2 Å². The third-order valence-electron chi connectivity index (χ3n) is 4.81. The predicted molar refractivity (Wildman–Crippen MR) is 71.1 cm³/mol. The highest BCUT2D eigenvalue weighted by Gasteiger charge is 2.36. The first-order valence-electron chi connectivity index (χ1n) is 7.17. The number of carbonyl (C=O) groups is 1. The molecule has 4 nitrogen and oxygen atoms in total. The van der Waals surface area contributed by atoms with E-state index in [9.17, 15) is 4.79 Å². The molecule has 3 rings (SSSR count). The summed E-state index contributed by atoms with van der Waals surface area (Å²) in [6.45, 7) is 4.93. The van der Waals surface area contributed by atoms with Crippen LogP contribution in [0.2, 0.25) is 0 Å². The fraction of sp³-hybridized carbons (Fsp3) is 0.786. The van der Waals surface area contributed by atoms with E-state index >= 15 is 0 Å². The summed E-state index contributed by atoms with van der Waals surface area (Å²) in [7, 11) is 0. The summed E-state index contributed by atoms with van der Waals surface area (Å²) >= 11 is 0. The van der Waals surface area contributed by atoms with Crippen molar-refractivity contribution >= 4 is 6.03 Å². The lowest BCUT2D eigenvalue weighted by Gasteiger charge is -2.27. The number of fused-ring (bicyclic) bond motifs is 2. The molecule has 0 aromatic heterocycles. The van der Waals surface area contributed by atoms with Crippen LogP contribution in [-0.2, 0) is 0 Å². The van der Waals surface area contributed by atoms with Crippen LogP contribution in [0.3, 0.4) is 0 Å². The van der Waals surface area contributed by atoms with Crippen molar-refractivity contribution < 1.29 is 4.79 Å². The van der Waals surface area contributed by atoms with E-state index in [1.54, 1.807) is 4.90 Å². The van der Waals surface area contributed by atoms with E-state index in [1.807, 2.05) is 0 Å². The number of nitrogens with two attached hydrogens (primary N) is 1. The molecule has 0 spiro atoms. The lowest BCUT2D eigenvalue weighted by atomic mass is 9.93. The quantitative estimate of drug-likeness (QED) is 0.750. The van der Waals surface area contributed by atoms with Gasteiger partial charge in [0.2, 0.25) is 0 Å². The van der Waals surface area contributed by atoms with E-state index in [0.29, 0.717) is 0 Å². The molecule has 3 atom stereocenters. The van der Waals surface area contributed by atoms with Gasteiger partial charge in [0.1, 0.15) is 0 Å². The van der Waals surface area contributed by atoms with Crippen molar-refractivity contribution in [2.75, 3.05) is 32.7 Å². The van der Waals surface area contributed by atoms with Crippen LogP contribution in [0, 0.1) is 17.8 Å². The first-order chi connectivity index (χ1) is 8.72. The molecular weight excluding hydrogens is 226 g/mol. The number of hydrogen-bond acceptors (Lipinski definition) is 2. The molecule has 0 unspecified atom stereocenters. The molecule has 1 heterocycles. The topological polar surface area (TPSA) is 49.6 Å². The highest BCUT2D eigenvalue weighted by molar-refractivity contribution is 5.71. The van der Waals surface area contributed by atoms with Gasteiger partial charge in [-0.05, 0) is 43.6 Å². The van der Waals surface area contributed by atoms with Gasteiger partial charge in [-0.3, -0.25) is 0 Å². The molecule has 0 radical (unpaired) electrons. The summed E-state index contributed by atoms with van der Waals surface area (Å²) < 4.78 is 0. The van der Waals surface area contributed by atoms with Crippen molar-refractivity contribution in [1.29, 1.82) is 0 Å². The Balaban J connectivity index is 1.51. The standard InChI is InChI=1S/C14H23N3O/c15-14(18)17-5-1-4-16(6-7-17)10-13-9-11-2-3-12(13)8-11/h2-3,11-13H,1,4-10H2,(H2,15,18)/t11-,12-,13-/m0/s1. The number of urea groups is 1. The number of rotatable bonds is 2. The van der Waals surface area contributed by atoms with Crippen LogP contribution in [0.15, 0.2) is 12.2 Å². The van der Waals surface area contributed by atoms with Gasteiger partial charge in [-0.25, -0.2) is 4.79 Å². The molecule has 1 saturated carbocycles. The summed E-state index contributed by atoms with van der Waals surface area (Å²) in [5.74, 6) is 2.53. The zero-order chi connectivity index (χ0) is 12.5. The maximum absolute atomic E-state index is 11.2. The maximum Gasteiger partial charge on any atom is 0.314 e. The van der Waals surface area contributed by atoms with Crippen molar-refractivity contribution in [3.05, 3.63) is 12.2 Å². The van der Waals surface area contributed by atoms with E-state index in [4.69, 9.17) is 5.73 Å². The Labute approximate surface area is 109 Å². The fourth-order valence-corrected chi connectivity index (χ4v) is 3.81. The number of allylic oxidation sites excluding steroid dienone is 2. The fourth-order valence-electron chi connectivity index (χ4n) is 3.81. The number of nitrogens with zero attached hydrogens (tertiary/aromatic N) is 2. The van der Waals surface area contributed by atoms with E-state index < -0.39 is 0 Å². The maximum atomic E-state index is 11.2. The van der Waals surface area contributed by atoms with Crippen LogP contribution >= 0.6 is 0 Å². The largest absolute Gasteiger partial charge is 0.351 e. The van der Waals surface area contributed by atoms with Crippen LogP contribution in [0.1, 0.15) is 19.3 Å². The smallest absolute Gasteiger partial charge is 0.314 e. The first kappa shape index (κ1) is 12.0. The summed E-state index contributed by atoms with van der Waals surface area (Å²) in [5.41, 5.74) is 5.35. The Hall–Kier alpha value is -1.03. The molecular formula is C14H23N3O. The SMILES string of the molecule is NC(=O)N1CCCN(C[C@@H]2C[C@H]3C=C[C@H]2C3)CC1. The van der Waals surface area contributed by atoms with E-state index in [0.717, 1.165) is 50.4 Å². The van der Waals surface area contributed by atoms with Crippen molar-refractivity contribution in [1.82, 2.24) is 9.80 Å². The minimum absolute atomic E-state index is 0.264. The average molecular weight is 249 g/mol. The minimum atomic E-state index is -0.264. The zero-order valence-electron chi connectivity index (χ0n) is 10.9. The van der Waals surface area contributed by atoms with Crippen molar-refractivity contribution in [2.45, 2.75) is 19.3 Å². The van der Waals surface area contributed by atoms with Gasteiger partial charge in [0.25, 0.3) is 0 Å². The molecule has 18 heavy (non-hydrogen) atoms. The molecule has 3 aliphatic rings. The Morgan fingerprint density at radius 1 is 1.17 bits per heavy atom. The van der Waals surface area contributed by atoms with Gasteiger partial charge in [0.15, 0.2) is 0 Å². The second kappa shape index (κ2) is 4.92. The molecule has 0 aromatic rings. The third-order valence-corrected chi connectivity index (χ3v) is 4.81. The normalized spacial score (nSPS) is 36.0. The minimum Gasteiger partial charge on any atom is -0.351 e. The molecule has 1 aliphatic heterocycles. The van der Waals surface area contributed by atoms with Gasteiger partial charge >= 0.3 is 6.03 Å². The van der Waals surface area contributed by atoms with Crippen LogP contribution in [0.4, 0.5) is 4.79 Å². The lowest BCUT2D eigenvalue weighted by molar-refractivity contribution is 0.201. The molecule has 2 amide bonds. The van der Waals surface area contributed by atoms with Crippen LogP contribution in [0.25, 0.3) is 0 Å². The highest BCUT2D eigenvalue weighted by Crippen LogP contribution is 2.43. The van der Waals surface area contributed by atoms with Crippen LogP contribution < -0.4 is 5.73 Å². The Morgan fingerprint density at radius 2 is 2.06 bits per heavy atom. The third kappa shape index (κ3) is 2.39. The van der Waals surface area contributed by atoms with Crippen LogP contribution in [-0.4, -0.2) is 48.6 Å². The van der Waals surface area contributed by atoms with Gasteiger partial charge in [-0.2, -0.15) is 0 Å². The number of primary amides is 1. The van der Waals surface area contributed by atoms with Crippen molar-refractivity contribution in [3.8, 4) is 0 Å². The molecule has 2 fully saturated rings. The molecule has 2 aliphatic carbocycles. The van der Waals surface area contributed by atoms with Crippen molar-refractivity contribution in [3.63, 3.8) is 0 Å². The van der Waals surface area contributed by atoms with Gasteiger partial charge in [-0.15, -0.1) is 0 Å². The Morgan fingerprint density at radius 3 is 2.72 bits per heavy atom. The van der Waals surface area contributed by atoms with E-state index in [2.05, 4.69) is 17.1 Å². The van der Waals surface area contributed by atoms with Gasteiger partial charge in [0, 0.05) is 26.2 Å². The number of hydrogen-bond donors (Lipinski definition) is 1. The zero-order valence-corrected chi connectivity index (χ0v) is 10.9. The predicted octanol–water partition coefficient (Wildman–Crippen LogP) is 1.28. The van der Waals surface area contributed by atoms with Crippen molar-refractivity contribution in [2.24, 2.45) is 23.5 Å². The molecule has 100 valence electrons. The summed E-state index contributed by atoms with van der Waals surface area (Å²) in [6, 6.07) is -0.264. The number of amides is 2. The monoisotopic (exact) mass is 249 g/mol. The molecule has 2 bridgehead atoms. The lowest BCUT2D eigenvalue weighted by Crippen LogP contribution is -2.39. The Bertz CT molecular complexity index is 355. The van der Waals surface area contributed by atoms with Crippen LogP contribution in [0.5, 0.6) is 0 Å². The second-order valence-corrected chi connectivity index (χ2v) is 6.02. The Kier molecular flexibility index (Phi) is 3.29.